The highest BCUT2D eigenvalue weighted by molar-refractivity contribution is 6.02. The van der Waals surface area contributed by atoms with Crippen LogP contribution in [0.4, 0.5) is 5.69 Å². The smallest absolute Gasteiger partial charge is 0.319 e. The summed E-state index contributed by atoms with van der Waals surface area (Å²) < 4.78 is 4.82. The maximum Gasteiger partial charge on any atom is 0.319 e. The van der Waals surface area contributed by atoms with Crippen LogP contribution in [-0.4, -0.2) is 25.0 Å². The Morgan fingerprint density at radius 1 is 1.50 bits per heavy atom. The first-order chi connectivity index (χ1) is 8.61. The lowest BCUT2D eigenvalue weighted by molar-refractivity contribution is -0.142. The largest absolute Gasteiger partial charge is 0.465 e. The van der Waals surface area contributed by atoms with Crippen molar-refractivity contribution in [2.24, 2.45) is 0 Å². The highest BCUT2D eigenvalue weighted by Crippen LogP contribution is 2.31. The predicted octanol–water partition coefficient (Wildman–Crippen LogP) is 1.14. The normalized spacial score (nSPS) is 17.2. The standard InChI is InChI=1S/C13H16N2O3/c1-3-18-11(16)7-14-12-9-6-8(2)4-5-10(9)15-13(12)17/h4-6,12,14H,3,7H2,1-2H3,(H,15,17). The molecule has 1 aliphatic rings. The number of amides is 1. The Kier molecular flexibility index (Phi) is 3.62. The van der Waals surface area contributed by atoms with Crippen molar-refractivity contribution < 1.29 is 14.3 Å². The van der Waals surface area contributed by atoms with Gasteiger partial charge in [0.1, 0.15) is 6.04 Å². The third-order valence-corrected chi connectivity index (χ3v) is 2.79. The van der Waals surface area contributed by atoms with Crippen LogP contribution in [0.1, 0.15) is 24.1 Å². The van der Waals surface area contributed by atoms with Crippen molar-refractivity contribution in [1.29, 1.82) is 0 Å². The van der Waals surface area contributed by atoms with Crippen molar-refractivity contribution in [3.8, 4) is 0 Å². The number of fused-ring (bicyclic) bond motifs is 1. The van der Waals surface area contributed by atoms with Gasteiger partial charge in [-0.3, -0.25) is 14.9 Å². The van der Waals surface area contributed by atoms with Crippen molar-refractivity contribution in [2.75, 3.05) is 18.5 Å². The van der Waals surface area contributed by atoms with E-state index in [9.17, 15) is 9.59 Å². The fourth-order valence-electron chi connectivity index (χ4n) is 1.98. The summed E-state index contributed by atoms with van der Waals surface area (Å²) in [6.07, 6.45) is 0. The molecule has 5 heteroatoms. The van der Waals surface area contributed by atoms with Crippen LogP contribution in [0.3, 0.4) is 0 Å². The number of hydrogen-bond acceptors (Lipinski definition) is 4. The van der Waals surface area contributed by atoms with Gasteiger partial charge in [-0.1, -0.05) is 17.7 Å². The topological polar surface area (TPSA) is 67.4 Å². The molecule has 0 aromatic heterocycles. The average molecular weight is 248 g/mol. The first kappa shape index (κ1) is 12.6. The van der Waals surface area contributed by atoms with Crippen LogP contribution in [-0.2, 0) is 14.3 Å². The second-order valence-corrected chi connectivity index (χ2v) is 4.20. The molecule has 0 aliphatic carbocycles. The van der Waals surface area contributed by atoms with E-state index in [-0.39, 0.29) is 18.4 Å². The Morgan fingerprint density at radius 3 is 3.00 bits per heavy atom. The molecule has 18 heavy (non-hydrogen) atoms. The molecule has 1 aromatic rings. The summed E-state index contributed by atoms with van der Waals surface area (Å²) in [4.78, 5) is 23.1. The van der Waals surface area contributed by atoms with Crippen LogP contribution in [0.2, 0.25) is 0 Å². The van der Waals surface area contributed by atoms with Gasteiger partial charge in [0.15, 0.2) is 0 Å². The number of benzene rings is 1. The Labute approximate surface area is 106 Å². The molecule has 0 bridgehead atoms. The van der Waals surface area contributed by atoms with Crippen LogP contribution in [0.15, 0.2) is 18.2 Å². The van der Waals surface area contributed by atoms with E-state index in [0.29, 0.717) is 6.61 Å². The Morgan fingerprint density at radius 2 is 2.28 bits per heavy atom. The third-order valence-electron chi connectivity index (χ3n) is 2.79. The third kappa shape index (κ3) is 2.51. The van der Waals surface area contributed by atoms with Crippen molar-refractivity contribution in [3.05, 3.63) is 29.3 Å². The van der Waals surface area contributed by atoms with E-state index in [1.807, 2.05) is 25.1 Å². The average Bonchev–Trinajstić information content (AvgIpc) is 2.62. The first-order valence-electron chi connectivity index (χ1n) is 5.92. The van der Waals surface area contributed by atoms with Crippen molar-refractivity contribution in [2.45, 2.75) is 19.9 Å². The quantitative estimate of drug-likeness (QED) is 0.784. The number of ether oxygens (including phenoxy) is 1. The summed E-state index contributed by atoms with van der Waals surface area (Å²) in [6, 6.07) is 5.27. The molecule has 1 atom stereocenters. The maximum absolute atomic E-state index is 11.8. The molecule has 1 heterocycles. The number of anilines is 1. The van der Waals surface area contributed by atoms with E-state index < -0.39 is 6.04 Å². The van der Waals surface area contributed by atoms with Crippen LogP contribution in [0.25, 0.3) is 0 Å². The fraction of sp³-hybridized carbons (Fsp3) is 0.385. The van der Waals surface area contributed by atoms with Gasteiger partial charge < -0.3 is 10.1 Å². The fourth-order valence-corrected chi connectivity index (χ4v) is 1.98. The van der Waals surface area contributed by atoms with Gasteiger partial charge in [-0.2, -0.15) is 0 Å². The molecule has 0 saturated carbocycles. The molecule has 0 spiro atoms. The molecule has 0 fully saturated rings. The van der Waals surface area contributed by atoms with Gasteiger partial charge in [0, 0.05) is 11.3 Å². The number of hydrogen-bond donors (Lipinski definition) is 2. The number of esters is 1. The van der Waals surface area contributed by atoms with Gasteiger partial charge in [-0.25, -0.2) is 0 Å². The summed E-state index contributed by atoms with van der Waals surface area (Å²) in [5, 5.41) is 5.69. The van der Waals surface area contributed by atoms with E-state index in [2.05, 4.69) is 10.6 Å². The van der Waals surface area contributed by atoms with Gasteiger partial charge >= 0.3 is 5.97 Å². The zero-order chi connectivity index (χ0) is 13.1. The number of carbonyl (C=O) groups excluding carboxylic acids is 2. The minimum absolute atomic E-state index is 0.0271. The molecule has 2 N–H and O–H groups in total. The van der Waals surface area contributed by atoms with Crippen molar-refractivity contribution >= 4 is 17.6 Å². The summed E-state index contributed by atoms with van der Waals surface area (Å²) in [7, 11) is 0. The molecule has 96 valence electrons. The monoisotopic (exact) mass is 248 g/mol. The lowest BCUT2D eigenvalue weighted by atomic mass is 10.1. The molecule has 2 rings (SSSR count). The van der Waals surface area contributed by atoms with E-state index >= 15 is 0 Å². The van der Waals surface area contributed by atoms with Crippen molar-refractivity contribution in [1.82, 2.24) is 5.32 Å². The van der Waals surface area contributed by atoms with Gasteiger partial charge in [-0.15, -0.1) is 0 Å². The zero-order valence-corrected chi connectivity index (χ0v) is 10.4. The lowest BCUT2D eigenvalue weighted by Crippen LogP contribution is -2.32. The first-order valence-corrected chi connectivity index (χ1v) is 5.92. The van der Waals surface area contributed by atoms with Gasteiger partial charge in [0.2, 0.25) is 5.91 Å². The summed E-state index contributed by atoms with van der Waals surface area (Å²) in [6.45, 7) is 4.08. The number of rotatable bonds is 4. The zero-order valence-electron chi connectivity index (χ0n) is 10.4. The van der Waals surface area contributed by atoms with E-state index in [4.69, 9.17) is 4.74 Å². The number of nitrogens with one attached hydrogen (secondary N) is 2. The molecule has 0 radical (unpaired) electrons. The van der Waals surface area contributed by atoms with Gasteiger partial charge in [0.25, 0.3) is 0 Å². The summed E-state index contributed by atoms with van der Waals surface area (Å²) >= 11 is 0. The van der Waals surface area contributed by atoms with Crippen LogP contribution in [0, 0.1) is 6.92 Å². The molecule has 5 nitrogen and oxygen atoms in total. The molecular weight excluding hydrogens is 232 g/mol. The summed E-state index contributed by atoms with van der Waals surface area (Å²) in [5.74, 6) is -0.494. The SMILES string of the molecule is CCOC(=O)CNC1C(=O)Nc2ccc(C)cc21. The summed E-state index contributed by atoms with van der Waals surface area (Å²) in [5.41, 5.74) is 2.75. The molecule has 1 aromatic carbocycles. The minimum Gasteiger partial charge on any atom is -0.465 e. The Balaban J connectivity index is 2.08. The highest BCUT2D eigenvalue weighted by Gasteiger charge is 2.30. The van der Waals surface area contributed by atoms with Crippen molar-refractivity contribution in [3.63, 3.8) is 0 Å². The molecule has 1 amide bonds. The highest BCUT2D eigenvalue weighted by atomic mass is 16.5. The van der Waals surface area contributed by atoms with Gasteiger partial charge in [-0.05, 0) is 19.9 Å². The Bertz CT molecular complexity index is 485. The second kappa shape index (κ2) is 5.18. The van der Waals surface area contributed by atoms with Crippen LogP contribution >= 0.6 is 0 Å². The van der Waals surface area contributed by atoms with E-state index in [1.165, 1.54) is 0 Å². The predicted molar refractivity (Wildman–Crippen MR) is 67.2 cm³/mol. The lowest BCUT2D eigenvalue weighted by Gasteiger charge is -2.11. The number of carbonyl (C=O) groups is 2. The van der Waals surface area contributed by atoms with Crippen LogP contribution < -0.4 is 10.6 Å². The Hall–Kier alpha value is -1.88. The van der Waals surface area contributed by atoms with E-state index in [1.54, 1.807) is 6.92 Å². The second-order valence-electron chi connectivity index (χ2n) is 4.20. The van der Waals surface area contributed by atoms with Crippen LogP contribution in [0.5, 0.6) is 0 Å². The van der Waals surface area contributed by atoms with Gasteiger partial charge in [0.05, 0.1) is 13.2 Å². The molecule has 1 unspecified atom stereocenters. The molecule has 1 aliphatic heterocycles. The van der Waals surface area contributed by atoms with E-state index in [0.717, 1.165) is 16.8 Å². The molecular formula is C13H16N2O3. The minimum atomic E-state index is -0.482. The number of aryl methyl sites for hydroxylation is 1. The molecule has 0 saturated heterocycles. The maximum atomic E-state index is 11.8.